The number of allylic oxidation sites excluding steroid dienone is 5. The summed E-state index contributed by atoms with van der Waals surface area (Å²) in [5.74, 6) is -0.932. The molecule has 3 rings (SSSR count). The van der Waals surface area contributed by atoms with Gasteiger partial charge in [-0.2, -0.15) is 0 Å². The second-order valence-corrected chi connectivity index (χ2v) is 6.40. The van der Waals surface area contributed by atoms with E-state index in [1.54, 1.807) is 39.0 Å². The Labute approximate surface area is 130 Å². The molecule has 2 atom stereocenters. The molecule has 118 valence electrons. The zero-order valence-electron chi connectivity index (χ0n) is 13.0. The van der Waals surface area contributed by atoms with Crippen molar-refractivity contribution >= 4 is 12.1 Å². The predicted octanol–water partition coefficient (Wildman–Crippen LogP) is 2.82. The number of aliphatic carboxylic acids is 1. The maximum absolute atomic E-state index is 11.8. The summed E-state index contributed by atoms with van der Waals surface area (Å²) in [5.41, 5.74) is -1.18. The topological polar surface area (TPSA) is 75.6 Å². The second kappa shape index (κ2) is 5.83. The molecule has 5 heteroatoms. The zero-order valence-corrected chi connectivity index (χ0v) is 13.0. The summed E-state index contributed by atoms with van der Waals surface area (Å²) in [7, 11) is 0. The molecule has 0 aromatic rings. The van der Waals surface area contributed by atoms with Crippen LogP contribution in [-0.2, 0) is 9.53 Å². The molecule has 0 saturated heterocycles. The van der Waals surface area contributed by atoms with Crippen molar-refractivity contribution in [1.29, 1.82) is 0 Å². The quantitative estimate of drug-likeness (QED) is 0.786. The summed E-state index contributed by atoms with van der Waals surface area (Å²) >= 11 is 0. The maximum atomic E-state index is 11.8. The van der Waals surface area contributed by atoms with Gasteiger partial charge in [-0.3, -0.25) is 4.79 Å². The Morgan fingerprint density at radius 1 is 1.27 bits per heavy atom. The molecular formula is C17H21NO4. The largest absolute Gasteiger partial charge is 0.480 e. The Kier molecular flexibility index (Phi) is 4.26. The van der Waals surface area contributed by atoms with Crippen molar-refractivity contribution in [2.45, 2.75) is 26.4 Å². The van der Waals surface area contributed by atoms with Crippen molar-refractivity contribution in [2.24, 2.45) is 11.3 Å². The fourth-order valence-corrected chi connectivity index (χ4v) is 2.44. The Morgan fingerprint density at radius 2 is 2.00 bits per heavy atom. The lowest BCUT2D eigenvalue weighted by molar-refractivity contribution is -0.142. The molecule has 3 aliphatic carbocycles. The van der Waals surface area contributed by atoms with Crippen molar-refractivity contribution < 1.29 is 19.4 Å². The number of amides is 1. The molecule has 2 bridgehead atoms. The van der Waals surface area contributed by atoms with Crippen LogP contribution >= 0.6 is 0 Å². The SMILES string of the molecule is CC(C)(C)OC(=O)NCC1=C[C@H]2C=C[C@]1(C(=O)O)/C=C\C=C/2. The van der Waals surface area contributed by atoms with Crippen LogP contribution in [0, 0.1) is 11.3 Å². The minimum atomic E-state index is -1.21. The number of carbonyl (C=O) groups is 2. The number of ether oxygens (including phenoxy) is 1. The van der Waals surface area contributed by atoms with E-state index in [1.807, 2.05) is 24.3 Å². The first-order valence-electron chi connectivity index (χ1n) is 7.20. The number of hydrogen-bond donors (Lipinski definition) is 2. The average Bonchev–Trinajstić information content (AvgIpc) is 2.35. The monoisotopic (exact) mass is 303 g/mol. The number of rotatable bonds is 3. The molecule has 0 aromatic heterocycles. The summed E-state index contributed by atoms with van der Waals surface area (Å²) in [4.78, 5) is 23.5. The fraction of sp³-hybridized carbons (Fsp3) is 0.412. The van der Waals surface area contributed by atoms with E-state index >= 15 is 0 Å². The Morgan fingerprint density at radius 3 is 2.64 bits per heavy atom. The second-order valence-electron chi connectivity index (χ2n) is 6.40. The molecule has 22 heavy (non-hydrogen) atoms. The van der Waals surface area contributed by atoms with Crippen LogP contribution in [0.2, 0.25) is 0 Å². The van der Waals surface area contributed by atoms with Crippen LogP contribution in [0.15, 0.2) is 48.1 Å². The van der Waals surface area contributed by atoms with Crippen LogP contribution in [0.4, 0.5) is 4.79 Å². The highest BCUT2D eigenvalue weighted by Gasteiger charge is 2.40. The molecule has 0 aliphatic heterocycles. The number of nitrogens with one attached hydrogen (secondary N) is 1. The molecule has 0 fully saturated rings. The third kappa shape index (κ3) is 3.47. The van der Waals surface area contributed by atoms with E-state index < -0.39 is 23.1 Å². The summed E-state index contributed by atoms with van der Waals surface area (Å²) in [6, 6.07) is 0. The van der Waals surface area contributed by atoms with Gasteiger partial charge < -0.3 is 15.2 Å². The summed E-state index contributed by atoms with van der Waals surface area (Å²) < 4.78 is 5.18. The van der Waals surface area contributed by atoms with Crippen molar-refractivity contribution in [1.82, 2.24) is 5.32 Å². The van der Waals surface area contributed by atoms with E-state index in [9.17, 15) is 14.7 Å². The summed E-state index contributed by atoms with van der Waals surface area (Å²) in [6.45, 7) is 5.45. The lowest BCUT2D eigenvalue weighted by Gasteiger charge is -2.31. The number of alkyl carbamates (subject to hydrolysis) is 1. The average molecular weight is 303 g/mol. The molecule has 0 saturated carbocycles. The van der Waals surface area contributed by atoms with Gasteiger partial charge in [-0.05, 0) is 26.3 Å². The number of fused-ring (bicyclic) bond motifs is 1. The highest BCUT2D eigenvalue weighted by Crippen LogP contribution is 2.37. The third-order valence-corrected chi connectivity index (χ3v) is 3.49. The van der Waals surface area contributed by atoms with Crippen LogP contribution < -0.4 is 5.32 Å². The van der Waals surface area contributed by atoms with Gasteiger partial charge in [0.25, 0.3) is 0 Å². The number of hydrogen-bond acceptors (Lipinski definition) is 3. The minimum absolute atomic E-state index is 0.0351. The first-order chi connectivity index (χ1) is 10.2. The van der Waals surface area contributed by atoms with Crippen molar-refractivity contribution in [2.75, 3.05) is 6.54 Å². The highest BCUT2D eigenvalue weighted by molar-refractivity contribution is 5.85. The van der Waals surface area contributed by atoms with E-state index in [2.05, 4.69) is 5.32 Å². The van der Waals surface area contributed by atoms with Gasteiger partial charge in [-0.25, -0.2) is 4.79 Å². The van der Waals surface area contributed by atoms with E-state index in [-0.39, 0.29) is 12.5 Å². The Bertz CT molecular complexity index is 592. The normalized spacial score (nSPS) is 29.0. The summed E-state index contributed by atoms with van der Waals surface area (Å²) in [6.07, 6.45) is 12.0. The minimum Gasteiger partial charge on any atom is -0.480 e. The fourth-order valence-electron chi connectivity index (χ4n) is 2.44. The molecule has 2 N–H and O–H groups in total. The van der Waals surface area contributed by atoms with Crippen molar-refractivity contribution in [3.63, 3.8) is 0 Å². The van der Waals surface area contributed by atoms with Gasteiger partial charge in [0.15, 0.2) is 0 Å². The summed E-state index contributed by atoms with van der Waals surface area (Å²) in [5, 5.41) is 12.3. The van der Waals surface area contributed by atoms with Gasteiger partial charge in [0, 0.05) is 12.5 Å². The predicted molar refractivity (Wildman–Crippen MR) is 83.3 cm³/mol. The molecule has 0 spiro atoms. The maximum Gasteiger partial charge on any atom is 0.407 e. The van der Waals surface area contributed by atoms with E-state index in [4.69, 9.17) is 4.74 Å². The molecular weight excluding hydrogens is 282 g/mol. The number of carboxylic acid groups (broad SMARTS) is 1. The molecule has 5 nitrogen and oxygen atoms in total. The van der Waals surface area contributed by atoms with Crippen LogP contribution in [-0.4, -0.2) is 29.3 Å². The van der Waals surface area contributed by atoms with Gasteiger partial charge in [0.1, 0.15) is 11.0 Å². The molecule has 1 amide bonds. The third-order valence-electron chi connectivity index (χ3n) is 3.49. The van der Waals surface area contributed by atoms with Crippen LogP contribution in [0.25, 0.3) is 0 Å². The van der Waals surface area contributed by atoms with Crippen molar-refractivity contribution in [3.05, 3.63) is 48.1 Å². The van der Waals surface area contributed by atoms with Gasteiger partial charge >= 0.3 is 12.1 Å². The number of carbonyl (C=O) groups excluding carboxylic acids is 1. The van der Waals surface area contributed by atoms with Crippen LogP contribution in [0.5, 0.6) is 0 Å². The van der Waals surface area contributed by atoms with E-state index in [0.717, 1.165) is 0 Å². The van der Waals surface area contributed by atoms with Gasteiger partial charge in [-0.15, -0.1) is 0 Å². The highest BCUT2D eigenvalue weighted by atomic mass is 16.6. The van der Waals surface area contributed by atoms with Gasteiger partial charge in [0.2, 0.25) is 0 Å². The first-order valence-corrected chi connectivity index (χ1v) is 7.20. The van der Waals surface area contributed by atoms with E-state index in [1.165, 1.54) is 0 Å². The lowest BCUT2D eigenvalue weighted by atomic mass is 9.73. The Hall–Kier alpha value is -2.30. The van der Waals surface area contributed by atoms with Gasteiger partial charge in [-0.1, -0.05) is 42.5 Å². The van der Waals surface area contributed by atoms with Crippen LogP contribution in [0.1, 0.15) is 20.8 Å². The molecule has 0 aromatic carbocycles. The number of carboxylic acids is 1. The Balaban J connectivity index is 2.17. The lowest BCUT2D eigenvalue weighted by Crippen LogP contribution is -2.39. The van der Waals surface area contributed by atoms with E-state index in [0.29, 0.717) is 5.57 Å². The molecule has 0 heterocycles. The molecule has 0 unspecified atom stereocenters. The molecule has 3 aliphatic rings. The smallest absolute Gasteiger partial charge is 0.407 e. The van der Waals surface area contributed by atoms with Crippen molar-refractivity contribution in [3.8, 4) is 0 Å². The first kappa shape index (κ1) is 16.1. The van der Waals surface area contributed by atoms with Crippen LogP contribution in [0.3, 0.4) is 0 Å². The zero-order chi connectivity index (χ0) is 16.4. The standard InChI is InChI=1S/C17H21NO4/c1-16(2,3)22-15(21)18-11-13-10-12-6-4-5-8-17(13,9-7-12)14(19)20/h4-10,12H,11H2,1-3H3,(H,18,21)(H,19,20)/b6-4-,8-5-/t12-,17-/m1/s1. The molecule has 0 radical (unpaired) electrons. The van der Waals surface area contributed by atoms with Gasteiger partial charge in [0.05, 0.1) is 0 Å².